The Labute approximate surface area is 169 Å². The number of carbonyl (C=O) groups excluding carboxylic acids is 1. The van der Waals surface area contributed by atoms with E-state index in [4.69, 9.17) is 0 Å². The van der Waals surface area contributed by atoms with Gasteiger partial charge >= 0.3 is 0 Å². The number of benzene rings is 2. The molecule has 1 amide bonds. The van der Waals surface area contributed by atoms with Crippen LogP contribution in [0.25, 0.3) is 0 Å². The first-order valence-electron chi connectivity index (χ1n) is 9.55. The first-order chi connectivity index (χ1) is 13.4. The standard InChI is InChI=1S/C22H26F2N2OS/c1-16(2)13-25(14-17-4-3-5-20(24)12-17)15-21(27)26-10-11-28-22(26)18-6-8-19(23)9-7-18/h3-9,12,16,22H,10-11,13-15H2,1-2H3. The fourth-order valence-corrected chi connectivity index (χ4v) is 4.78. The van der Waals surface area contributed by atoms with Gasteiger partial charge in [0.2, 0.25) is 5.91 Å². The van der Waals surface area contributed by atoms with Crippen LogP contribution in [0.3, 0.4) is 0 Å². The lowest BCUT2D eigenvalue weighted by molar-refractivity contribution is -0.132. The van der Waals surface area contributed by atoms with Gasteiger partial charge in [-0.3, -0.25) is 9.69 Å². The summed E-state index contributed by atoms with van der Waals surface area (Å²) in [5, 5.41) is -0.0804. The fraction of sp³-hybridized carbons (Fsp3) is 0.409. The number of rotatable bonds is 7. The molecule has 0 spiro atoms. The Balaban J connectivity index is 1.70. The molecule has 0 bridgehead atoms. The second-order valence-corrected chi connectivity index (χ2v) is 8.74. The van der Waals surface area contributed by atoms with E-state index in [0.717, 1.165) is 23.4 Å². The molecule has 3 nitrogen and oxygen atoms in total. The maximum Gasteiger partial charge on any atom is 0.237 e. The smallest absolute Gasteiger partial charge is 0.237 e. The van der Waals surface area contributed by atoms with Crippen LogP contribution in [0.15, 0.2) is 48.5 Å². The van der Waals surface area contributed by atoms with Gasteiger partial charge < -0.3 is 4.90 Å². The largest absolute Gasteiger partial charge is 0.325 e. The molecule has 0 aromatic heterocycles. The fourth-order valence-electron chi connectivity index (χ4n) is 3.51. The summed E-state index contributed by atoms with van der Waals surface area (Å²) in [5.74, 6) is 0.768. The van der Waals surface area contributed by atoms with Crippen molar-refractivity contribution in [1.29, 1.82) is 0 Å². The normalized spacial score (nSPS) is 16.9. The Kier molecular flexibility index (Phi) is 7.08. The van der Waals surface area contributed by atoms with Gasteiger partial charge in [-0.05, 0) is 41.3 Å². The van der Waals surface area contributed by atoms with E-state index in [1.807, 2.05) is 11.0 Å². The Morgan fingerprint density at radius 2 is 1.93 bits per heavy atom. The van der Waals surface area contributed by atoms with Gasteiger partial charge in [-0.25, -0.2) is 8.78 Å². The van der Waals surface area contributed by atoms with Crippen molar-refractivity contribution in [1.82, 2.24) is 9.80 Å². The molecule has 1 aliphatic rings. The third-order valence-corrected chi connectivity index (χ3v) is 5.90. The van der Waals surface area contributed by atoms with E-state index in [-0.39, 0.29) is 29.5 Å². The maximum atomic E-state index is 13.5. The molecular formula is C22H26F2N2OS. The van der Waals surface area contributed by atoms with Gasteiger partial charge in [0.1, 0.15) is 17.0 Å². The third-order valence-electron chi connectivity index (χ3n) is 4.64. The first-order valence-corrected chi connectivity index (χ1v) is 10.6. The minimum absolute atomic E-state index is 0.0522. The van der Waals surface area contributed by atoms with Crippen molar-refractivity contribution in [2.75, 3.05) is 25.4 Å². The molecule has 0 N–H and O–H groups in total. The van der Waals surface area contributed by atoms with Gasteiger partial charge in [0.15, 0.2) is 0 Å². The van der Waals surface area contributed by atoms with Gasteiger partial charge in [0, 0.05) is 25.4 Å². The molecule has 150 valence electrons. The van der Waals surface area contributed by atoms with Gasteiger partial charge in [-0.1, -0.05) is 38.1 Å². The van der Waals surface area contributed by atoms with E-state index < -0.39 is 0 Å². The Morgan fingerprint density at radius 3 is 2.61 bits per heavy atom. The third kappa shape index (κ3) is 5.55. The van der Waals surface area contributed by atoms with E-state index in [1.165, 1.54) is 24.3 Å². The zero-order valence-electron chi connectivity index (χ0n) is 16.3. The summed E-state index contributed by atoms with van der Waals surface area (Å²) in [4.78, 5) is 17.0. The number of hydrogen-bond acceptors (Lipinski definition) is 3. The van der Waals surface area contributed by atoms with E-state index in [0.29, 0.717) is 19.0 Å². The zero-order valence-corrected chi connectivity index (χ0v) is 17.1. The first kappa shape index (κ1) is 20.8. The minimum Gasteiger partial charge on any atom is -0.325 e. The molecule has 1 fully saturated rings. The van der Waals surface area contributed by atoms with Crippen molar-refractivity contribution in [3.63, 3.8) is 0 Å². The summed E-state index contributed by atoms with van der Waals surface area (Å²) >= 11 is 1.70. The molecule has 1 saturated heterocycles. The molecular weight excluding hydrogens is 378 g/mol. The average Bonchev–Trinajstić information content (AvgIpc) is 3.11. The summed E-state index contributed by atoms with van der Waals surface area (Å²) in [6, 6.07) is 12.9. The molecule has 1 heterocycles. The SMILES string of the molecule is CC(C)CN(CC(=O)N1CCSC1c1ccc(F)cc1)Cc1cccc(F)c1. The maximum absolute atomic E-state index is 13.5. The topological polar surface area (TPSA) is 23.6 Å². The number of hydrogen-bond donors (Lipinski definition) is 0. The summed E-state index contributed by atoms with van der Waals surface area (Å²) < 4.78 is 26.8. The molecule has 1 atom stereocenters. The number of carbonyl (C=O) groups is 1. The van der Waals surface area contributed by atoms with E-state index in [1.54, 1.807) is 30.0 Å². The van der Waals surface area contributed by atoms with Crippen LogP contribution in [-0.4, -0.2) is 41.1 Å². The summed E-state index contributed by atoms with van der Waals surface area (Å²) in [7, 11) is 0. The molecule has 0 radical (unpaired) electrons. The molecule has 6 heteroatoms. The van der Waals surface area contributed by atoms with Crippen LogP contribution in [0.5, 0.6) is 0 Å². The lowest BCUT2D eigenvalue weighted by atomic mass is 10.1. The van der Waals surface area contributed by atoms with Crippen molar-refractivity contribution in [2.45, 2.75) is 25.8 Å². The van der Waals surface area contributed by atoms with Gasteiger partial charge in [0.05, 0.1) is 6.54 Å². The lowest BCUT2D eigenvalue weighted by Crippen LogP contribution is -2.41. The second-order valence-electron chi connectivity index (χ2n) is 7.56. The zero-order chi connectivity index (χ0) is 20.1. The molecule has 2 aromatic carbocycles. The number of amides is 1. The molecule has 1 unspecified atom stereocenters. The van der Waals surface area contributed by atoms with Gasteiger partial charge in [0.25, 0.3) is 0 Å². The number of nitrogens with zero attached hydrogens (tertiary/aromatic N) is 2. The molecule has 0 aliphatic carbocycles. The molecule has 0 saturated carbocycles. The number of thioether (sulfide) groups is 1. The highest BCUT2D eigenvalue weighted by molar-refractivity contribution is 7.99. The van der Waals surface area contributed by atoms with Crippen LogP contribution in [0.2, 0.25) is 0 Å². The second kappa shape index (κ2) is 9.52. The van der Waals surface area contributed by atoms with Crippen molar-refractivity contribution < 1.29 is 13.6 Å². The highest BCUT2D eigenvalue weighted by Crippen LogP contribution is 2.38. The van der Waals surface area contributed by atoms with Crippen LogP contribution in [-0.2, 0) is 11.3 Å². The van der Waals surface area contributed by atoms with Crippen molar-refractivity contribution >= 4 is 17.7 Å². The van der Waals surface area contributed by atoms with Crippen LogP contribution >= 0.6 is 11.8 Å². The summed E-state index contributed by atoms with van der Waals surface area (Å²) in [5.41, 5.74) is 1.80. The minimum atomic E-state index is -0.275. The Bertz CT molecular complexity index is 797. The van der Waals surface area contributed by atoms with E-state index >= 15 is 0 Å². The quantitative estimate of drug-likeness (QED) is 0.668. The molecule has 2 aromatic rings. The van der Waals surface area contributed by atoms with E-state index in [2.05, 4.69) is 18.7 Å². The van der Waals surface area contributed by atoms with Crippen molar-refractivity contribution in [2.24, 2.45) is 5.92 Å². The number of halogens is 2. The average molecular weight is 405 g/mol. The van der Waals surface area contributed by atoms with Gasteiger partial charge in [-0.2, -0.15) is 0 Å². The summed E-state index contributed by atoms with van der Waals surface area (Å²) in [6.45, 7) is 6.47. The monoisotopic (exact) mass is 404 g/mol. The predicted octanol–water partition coefficient (Wildman–Crippen LogP) is 4.70. The van der Waals surface area contributed by atoms with Crippen LogP contribution < -0.4 is 0 Å². The van der Waals surface area contributed by atoms with Crippen LogP contribution in [0.4, 0.5) is 8.78 Å². The predicted molar refractivity (Wildman–Crippen MR) is 110 cm³/mol. The van der Waals surface area contributed by atoms with Crippen LogP contribution in [0, 0.1) is 17.6 Å². The van der Waals surface area contributed by atoms with Crippen LogP contribution in [0.1, 0.15) is 30.3 Å². The molecule has 1 aliphatic heterocycles. The van der Waals surface area contributed by atoms with Crippen molar-refractivity contribution in [3.05, 3.63) is 71.3 Å². The molecule has 3 rings (SSSR count). The Hall–Kier alpha value is -1.92. The van der Waals surface area contributed by atoms with Gasteiger partial charge in [-0.15, -0.1) is 11.8 Å². The Morgan fingerprint density at radius 1 is 1.18 bits per heavy atom. The molecule has 28 heavy (non-hydrogen) atoms. The highest BCUT2D eigenvalue weighted by Gasteiger charge is 2.31. The highest BCUT2D eigenvalue weighted by atomic mass is 32.2. The lowest BCUT2D eigenvalue weighted by Gasteiger charge is -2.29. The van der Waals surface area contributed by atoms with E-state index in [9.17, 15) is 13.6 Å². The summed E-state index contributed by atoms with van der Waals surface area (Å²) in [6.07, 6.45) is 0. The van der Waals surface area contributed by atoms with Crippen molar-refractivity contribution in [3.8, 4) is 0 Å².